The minimum absolute atomic E-state index is 0.0567. The molecule has 2 aromatic heterocycles. The number of alkyl halides is 2. The van der Waals surface area contributed by atoms with E-state index < -0.39 is 30.3 Å². The minimum Gasteiger partial charge on any atom is -0.383 e. The molecule has 2 fully saturated rings. The Balaban J connectivity index is 1.41. The molecule has 2 aliphatic heterocycles. The number of pyridine rings is 2. The van der Waals surface area contributed by atoms with Crippen molar-refractivity contribution < 1.29 is 18.4 Å². The highest BCUT2D eigenvalue weighted by Crippen LogP contribution is 2.42. The fraction of sp³-hybridized carbons (Fsp3) is 0.381. The summed E-state index contributed by atoms with van der Waals surface area (Å²) in [7, 11) is 0. The van der Waals surface area contributed by atoms with E-state index in [4.69, 9.17) is 11.1 Å². The summed E-state index contributed by atoms with van der Waals surface area (Å²) in [5.74, 6) is -3.45. The van der Waals surface area contributed by atoms with Crippen LogP contribution in [0.3, 0.4) is 0 Å². The van der Waals surface area contributed by atoms with E-state index in [9.17, 15) is 18.4 Å². The first-order chi connectivity index (χ1) is 15.6. The lowest BCUT2D eigenvalue weighted by Gasteiger charge is -2.35. The number of rotatable bonds is 3. The minimum atomic E-state index is -2.90. The number of nitrogen functional groups attached to an aromatic ring is 1. The molecule has 2 bridgehead atoms. The summed E-state index contributed by atoms with van der Waals surface area (Å²) in [6.45, 7) is 3.06. The van der Waals surface area contributed by atoms with Crippen LogP contribution in [0.15, 0.2) is 24.3 Å². The lowest BCUT2D eigenvalue weighted by Crippen LogP contribution is -2.52. The van der Waals surface area contributed by atoms with Crippen LogP contribution in [-0.4, -0.2) is 58.8 Å². The SMILES string of the molecule is Cc1ccc(C(=N)NC(=O)N2c3nc(C(=O)NC4CC4(F)F)ccc3N3CCC2C3)c(N)n1. The van der Waals surface area contributed by atoms with Crippen molar-refractivity contribution in [3.05, 3.63) is 41.2 Å². The lowest BCUT2D eigenvalue weighted by atomic mass is 10.1. The molecular weight excluding hydrogens is 434 g/mol. The predicted octanol–water partition coefficient (Wildman–Crippen LogP) is 1.64. The molecular formula is C21H22F2N8O2. The number of urea groups is 1. The lowest BCUT2D eigenvalue weighted by molar-refractivity contribution is 0.0845. The van der Waals surface area contributed by atoms with Gasteiger partial charge in [-0.3, -0.25) is 20.4 Å². The van der Waals surface area contributed by atoms with E-state index >= 15 is 0 Å². The molecule has 33 heavy (non-hydrogen) atoms. The van der Waals surface area contributed by atoms with Crippen LogP contribution >= 0.6 is 0 Å². The number of nitrogens with zero attached hydrogens (tertiary/aromatic N) is 4. The average Bonchev–Trinajstić information content (AvgIpc) is 3.14. The Morgan fingerprint density at radius 1 is 1.24 bits per heavy atom. The first kappa shape index (κ1) is 21.0. The molecule has 2 atom stereocenters. The summed E-state index contributed by atoms with van der Waals surface area (Å²) < 4.78 is 26.4. The Hall–Kier alpha value is -3.83. The van der Waals surface area contributed by atoms with E-state index in [0.717, 1.165) is 0 Å². The van der Waals surface area contributed by atoms with E-state index in [1.807, 2.05) is 0 Å². The number of hydrogen-bond donors (Lipinski definition) is 4. The van der Waals surface area contributed by atoms with Gasteiger partial charge in [0.15, 0.2) is 5.82 Å². The van der Waals surface area contributed by atoms with Crippen molar-refractivity contribution in [1.82, 2.24) is 20.6 Å². The number of hydrogen-bond acceptors (Lipinski definition) is 7. The summed E-state index contributed by atoms with van der Waals surface area (Å²) in [6.07, 6.45) is 0.286. The molecule has 0 spiro atoms. The zero-order chi connectivity index (χ0) is 23.5. The normalized spacial score (nSPS) is 21.9. The Bertz CT molecular complexity index is 1190. The van der Waals surface area contributed by atoms with Crippen molar-refractivity contribution in [1.29, 1.82) is 5.41 Å². The van der Waals surface area contributed by atoms with Gasteiger partial charge in [-0.2, -0.15) is 0 Å². The first-order valence-electron chi connectivity index (χ1n) is 10.5. The molecule has 1 saturated carbocycles. The van der Waals surface area contributed by atoms with E-state index in [-0.39, 0.29) is 34.8 Å². The highest BCUT2D eigenvalue weighted by Gasteiger charge is 2.58. The number of halogens is 2. The number of nitrogens with two attached hydrogens (primary N) is 1. The number of aromatic nitrogens is 2. The fourth-order valence-electron chi connectivity index (χ4n) is 4.22. The van der Waals surface area contributed by atoms with E-state index in [0.29, 0.717) is 30.9 Å². The third-order valence-electron chi connectivity index (χ3n) is 6.10. The topological polar surface area (TPSA) is 140 Å². The van der Waals surface area contributed by atoms with Crippen molar-refractivity contribution in [2.24, 2.45) is 0 Å². The summed E-state index contributed by atoms with van der Waals surface area (Å²) in [4.78, 5) is 37.6. The number of amides is 3. The molecule has 172 valence electrons. The average molecular weight is 456 g/mol. The number of amidine groups is 1. The molecule has 3 aliphatic rings. The fourth-order valence-corrected chi connectivity index (χ4v) is 4.22. The Kier molecular flexibility index (Phi) is 4.69. The second kappa shape index (κ2) is 7.36. The highest BCUT2D eigenvalue weighted by molar-refractivity contribution is 6.12. The van der Waals surface area contributed by atoms with E-state index in [1.165, 1.54) is 11.0 Å². The Morgan fingerprint density at radius 2 is 2.00 bits per heavy atom. The van der Waals surface area contributed by atoms with Crippen LogP contribution in [-0.2, 0) is 0 Å². The molecule has 5 rings (SSSR count). The molecule has 1 aliphatic carbocycles. The third-order valence-corrected chi connectivity index (χ3v) is 6.10. The van der Waals surface area contributed by atoms with E-state index in [1.54, 1.807) is 25.1 Å². The second-order valence-corrected chi connectivity index (χ2v) is 8.48. The van der Waals surface area contributed by atoms with Gasteiger partial charge >= 0.3 is 6.03 Å². The van der Waals surface area contributed by atoms with Gasteiger partial charge in [0, 0.05) is 25.2 Å². The van der Waals surface area contributed by atoms with Gasteiger partial charge in [0.25, 0.3) is 11.8 Å². The molecule has 4 heterocycles. The van der Waals surface area contributed by atoms with Gasteiger partial charge in [0.05, 0.1) is 23.3 Å². The summed E-state index contributed by atoms with van der Waals surface area (Å²) in [6, 6.07) is 4.42. The molecule has 2 unspecified atom stereocenters. The number of anilines is 3. The number of carbonyl (C=O) groups is 2. The van der Waals surface area contributed by atoms with Crippen LogP contribution in [0.2, 0.25) is 0 Å². The number of fused-ring (bicyclic) bond motifs is 4. The Morgan fingerprint density at radius 3 is 2.70 bits per heavy atom. The van der Waals surface area contributed by atoms with Gasteiger partial charge in [-0.1, -0.05) is 0 Å². The number of aryl methyl sites for hydroxylation is 1. The van der Waals surface area contributed by atoms with Gasteiger partial charge in [-0.15, -0.1) is 0 Å². The molecule has 1 saturated heterocycles. The van der Waals surface area contributed by atoms with Gasteiger partial charge in [0.2, 0.25) is 0 Å². The maximum atomic E-state index is 13.2. The monoisotopic (exact) mass is 456 g/mol. The Labute approximate surface area is 187 Å². The van der Waals surface area contributed by atoms with Crippen molar-refractivity contribution >= 4 is 35.1 Å². The molecule has 12 heteroatoms. The third kappa shape index (κ3) is 3.70. The maximum absolute atomic E-state index is 13.2. The van der Waals surface area contributed by atoms with Crippen molar-refractivity contribution in [3.63, 3.8) is 0 Å². The van der Waals surface area contributed by atoms with Gasteiger partial charge in [-0.05, 0) is 37.6 Å². The molecule has 5 N–H and O–H groups in total. The van der Waals surface area contributed by atoms with Crippen LogP contribution in [0.4, 0.5) is 30.9 Å². The molecule has 2 aromatic rings. The van der Waals surface area contributed by atoms with Crippen molar-refractivity contribution in [2.45, 2.75) is 37.8 Å². The highest BCUT2D eigenvalue weighted by atomic mass is 19.3. The van der Waals surface area contributed by atoms with Crippen LogP contribution < -0.4 is 26.2 Å². The van der Waals surface area contributed by atoms with Crippen LogP contribution in [0.1, 0.15) is 34.6 Å². The van der Waals surface area contributed by atoms with Crippen LogP contribution in [0, 0.1) is 12.3 Å². The molecule has 3 amide bonds. The number of carbonyl (C=O) groups excluding carboxylic acids is 2. The van der Waals surface area contributed by atoms with Crippen LogP contribution in [0.5, 0.6) is 0 Å². The van der Waals surface area contributed by atoms with Gasteiger partial charge in [0.1, 0.15) is 17.3 Å². The summed E-state index contributed by atoms with van der Waals surface area (Å²) in [5.41, 5.74) is 7.47. The van der Waals surface area contributed by atoms with Gasteiger partial charge < -0.3 is 16.0 Å². The molecule has 10 nitrogen and oxygen atoms in total. The number of nitrogens with one attached hydrogen (secondary N) is 3. The maximum Gasteiger partial charge on any atom is 0.329 e. The zero-order valence-corrected chi connectivity index (χ0v) is 17.7. The van der Waals surface area contributed by atoms with E-state index in [2.05, 4.69) is 25.5 Å². The summed E-state index contributed by atoms with van der Waals surface area (Å²) in [5, 5.41) is 13.1. The zero-order valence-electron chi connectivity index (χ0n) is 17.7. The van der Waals surface area contributed by atoms with Crippen molar-refractivity contribution in [3.8, 4) is 0 Å². The quantitative estimate of drug-likeness (QED) is 0.409. The smallest absolute Gasteiger partial charge is 0.329 e. The molecule has 0 aromatic carbocycles. The standard InChI is InChI=1S/C21H22F2N8O2/c1-10-2-3-12(16(24)26-10)17(25)29-20(33)31-11-6-7-30(9-11)14-5-4-13(27-18(14)31)19(32)28-15-8-21(15,22)23/h2-5,11,15H,6-9H2,1H3,(H2,24,26)(H,28,32)(H2,25,29,33). The molecule has 0 radical (unpaired) electrons. The van der Waals surface area contributed by atoms with Crippen LogP contribution in [0.25, 0.3) is 0 Å². The van der Waals surface area contributed by atoms with Crippen molar-refractivity contribution in [2.75, 3.05) is 28.6 Å². The summed E-state index contributed by atoms with van der Waals surface area (Å²) >= 11 is 0. The van der Waals surface area contributed by atoms with Gasteiger partial charge in [-0.25, -0.2) is 23.5 Å². The predicted molar refractivity (Wildman–Crippen MR) is 117 cm³/mol. The second-order valence-electron chi connectivity index (χ2n) is 8.48. The largest absolute Gasteiger partial charge is 0.383 e. The first-order valence-corrected chi connectivity index (χ1v) is 10.5.